The summed E-state index contributed by atoms with van der Waals surface area (Å²) in [6.07, 6.45) is 1.40. The number of nitrogens with zero attached hydrogens (tertiary/aromatic N) is 4. The highest BCUT2D eigenvalue weighted by Gasteiger charge is 2.31. The lowest BCUT2D eigenvalue weighted by molar-refractivity contribution is -0.139. The summed E-state index contributed by atoms with van der Waals surface area (Å²) in [7, 11) is 0. The first kappa shape index (κ1) is 16.3. The van der Waals surface area contributed by atoms with E-state index in [9.17, 15) is 9.59 Å². The molecule has 0 N–H and O–H groups in total. The minimum atomic E-state index is 0.0385. The van der Waals surface area contributed by atoms with Crippen molar-refractivity contribution in [1.29, 1.82) is 5.26 Å². The van der Waals surface area contributed by atoms with Gasteiger partial charge in [0.25, 0.3) is 0 Å². The third-order valence-corrected chi connectivity index (χ3v) is 4.93. The number of likely N-dealkylation sites (tertiary alicyclic amines) is 1. The van der Waals surface area contributed by atoms with Crippen LogP contribution >= 0.6 is 0 Å². The Hall–Kier alpha value is -2.55. The number of nitriles is 1. The molecule has 2 aliphatic rings. The molecule has 126 valence electrons. The maximum atomic E-state index is 12.4. The summed E-state index contributed by atoms with van der Waals surface area (Å²) in [5.74, 6) is 0.128. The van der Waals surface area contributed by atoms with Gasteiger partial charge < -0.3 is 14.7 Å². The molecule has 6 nitrogen and oxygen atoms in total. The number of benzene rings is 1. The molecule has 0 saturated carbocycles. The minimum absolute atomic E-state index is 0.0385. The van der Waals surface area contributed by atoms with E-state index in [0.717, 1.165) is 25.2 Å². The van der Waals surface area contributed by atoms with E-state index < -0.39 is 0 Å². The molecule has 1 atom stereocenters. The lowest BCUT2D eigenvalue weighted by Crippen LogP contribution is -2.52. The molecule has 0 aromatic heterocycles. The predicted molar refractivity (Wildman–Crippen MR) is 90.4 cm³/mol. The molecular weight excluding hydrogens is 304 g/mol. The molecule has 2 amide bonds. The van der Waals surface area contributed by atoms with Crippen LogP contribution < -0.4 is 4.90 Å². The third kappa shape index (κ3) is 3.35. The average molecular weight is 326 g/mol. The summed E-state index contributed by atoms with van der Waals surface area (Å²) >= 11 is 0. The summed E-state index contributed by atoms with van der Waals surface area (Å²) in [5, 5.41) is 8.85. The van der Waals surface area contributed by atoms with Crippen molar-refractivity contribution in [3.05, 3.63) is 29.8 Å². The molecule has 2 heterocycles. The molecule has 0 aliphatic carbocycles. The van der Waals surface area contributed by atoms with Crippen molar-refractivity contribution in [2.24, 2.45) is 0 Å². The van der Waals surface area contributed by atoms with Gasteiger partial charge in [0.2, 0.25) is 11.8 Å². The van der Waals surface area contributed by atoms with Crippen molar-refractivity contribution in [1.82, 2.24) is 9.80 Å². The van der Waals surface area contributed by atoms with E-state index >= 15 is 0 Å². The highest BCUT2D eigenvalue weighted by Crippen LogP contribution is 2.19. The summed E-state index contributed by atoms with van der Waals surface area (Å²) in [5.41, 5.74) is 1.72. The standard InChI is InChI=1S/C18H22N4O2/c1-14-2-7-17(23)22(14)13-18(24)21-10-8-20(9-11-21)16-5-3-15(12-19)4-6-16/h3-6,14H,2,7-11,13H2,1H3/t14-/m1/s1. The smallest absolute Gasteiger partial charge is 0.242 e. The van der Waals surface area contributed by atoms with Gasteiger partial charge in [0.1, 0.15) is 0 Å². The Bertz CT molecular complexity index is 657. The third-order valence-electron chi connectivity index (χ3n) is 4.93. The van der Waals surface area contributed by atoms with Crippen molar-refractivity contribution in [2.75, 3.05) is 37.6 Å². The topological polar surface area (TPSA) is 67.7 Å². The minimum Gasteiger partial charge on any atom is -0.368 e. The van der Waals surface area contributed by atoms with Crippen LogP contribution in [0.5, 0.6) is 0 Å². The van der Waals surface area contributed by atoms with Crippen LogP contribution in [0.3, 0.4) is 0 Å². The van der Waals surface area contributed by atoms with Crippen LogP contribution in [0.4, 0.5) is 5.69 Å². The number of amides is 2. The number of anilines is 1. The van der Waals surface area contributed by atoms with Crippen LogP contribution in [0.2, 0.25) is 0 Å². The fourth-order valence-electron chi connectivity index (χ4n) is 3.33. The number of carbonyl (C=O) groups is 2. The molecule has 0 bridgehead atoms. The van der Waals surface area contributed by atoms with Crippen LogP contribution in [0.25, 0.3) is 0 Å². The molecule has 1 aromatic carbocycles. The molecule has 24 heavy (non-hydrogen) atoms. The lowest BCUT2D eigenvalue weighted by Gasteiger charge is -2.37. The number of rotatable bonds is 3. The van der Waals surface area contributed by atoms with E-state index in [1.54, 1.807) is 4.90 Å². The molecule has 0 unspecified atom stereocenters. The maximum absolute atomic E-state index is 12.4. The van der Waals surface area contributed by atoms with E-state index in [1.807, 2.05) is 36.1 Å². The van der Waals surface area contributed by atoms with Crippen LogP contribution in [-0.4, -0.2) is 60.4 Å². The molecule has 3 rings (SSSR count). The zero-order valence-corrected chi connectivity index (χ0v) is 13.9. The second-order valence-corrected chi connectivity index (χ2v) is 6.44. The Labute approximate surface area is 142 Å². The normalized spacial score (nSPS) is 21.1. The maximum Gasteiger partial charge on any atom is 0.242 e. The number of piperazine rings is 1. The molecule has 6 heteroatoms. The molecule has 2 aliphatic heterocycles. The van der Waals surface area contributed by atoms with Gasteiger partial charge in [-0.05, 0) is 37.6 Å². The zero-order valence-electron chi connectivity index (χ0n) is 13.9. The van der Waals surface area contributed by atoms with E-state index in [1.165, 1.54) is 0 Å². The lowest BCUT2D eigenvalue weighted by atomic mass is 10.2. The Morgan fingerprint density at radius 2 is 1.88 bits per heavy atom. The number of carbonyl (C=O) groups excluding carboxylic acids is 2. The monoisotopic (exact) mass is 326 g/mol. The van der Waals surface area contributed by atoms with Gasteiger partial charge in [-0.2, -0.15) is 5.26 Å². The summed E-state index contributed by atoms with van der Waals surface area (Å²) in [6.45, 7) is 5.06. The van der Waals surface area contributed by atoms with Gasteiger partial charge >= 0.3 is 0 Å². The van der Waals surface area contributed by atoms with E-state index in [0.29, 0.717) is 25.1 Å². The highest BCUT2D eigenvalue weighted by molar-refractivity contribution is 5.86. The van der Waals surface area contributed by atoms with Crippen LogP contribution in [0.1, 0.15) is 25.3 Å². The average Bonchev–Trinajstić information content (AvgIpc) is 2.94. The Morgan fingerprint density at radius 3 is 2.42 bits per heavy atom. The molecule has 2 fully saturated rings. The zero-order chi connectivity index (χ0) is 17.1. The Morgan fingerprint density at radius 1 is 1.21 bits per heavy atom. The summed E-state index contributed by atoms with van der Waals surface area (Å²) < 4.78 is 0. The Balaban J connectivity index is 1.53. The summed E-state index contributed by atoms with van der Waals surface area (Å²) in [4.78, 5) is 30.0. The van der Waals surface area contributed by atoms with Crippen molar-refractivity contribution < 1.29 is 9.59 Å². The van der Waals surface area contributed by atoms with Crippen LogP contribution in [-0.2, 0) is 9.59 Å². The first-order chi connectivity index (χ1) is 11.6. The van der Waals surface area contributed by atoms with Crippen molar-refractivity contribution in [3.8, 4) is 6.07 Å². The number of hydrogen-bond donors (Lipinski definition) is 0. The van der Waals surface area contributed by atoms with Crippen LogP contribution in [0.15, 0.2) is 24.3 Å². The Kier molecular flexibility index (Phi) is 4.70. The molecule has 2 saturated heterocycles. The highest BCUT2D eigenvalue weighted by atomic mass is 16.2. The first-order valence-corrected chi connectivity index (χ1v) is 8.41. The number of hydrogen-bond acceptors (Lipinski definition) is 4. The fourth-order valence-corrected chi connectivity index (χ4v) is 3.33. The van der Waals surface area contributed by atoms with E-state index in [-0.39, 0.29) is 24.4 Å². The van der Waals surface area contributed by atoms with Gasteiger partial charge in [-0.25, -0.2) is 0 Å². The predicted octanol–water partition coefficient (Wildman–Crippen LogP) is 1.22. The van der Waals surface area contributed by atoms with Gasteiger partial charge in [-0.3, -0.25) is 9.59 Å². The second-order valence-electron chi connectivity index (χ2n) is 6.44. The van der Waals surface area contributed by atoms with E-state index in [4.69, 9.17) is 5.26 Å². The quantitative estimate of drug-likeness (QED) is 0.837. The van der Waals surface area contributed by atoms with Crippen molar-refractivity contribution in [2.45, 2.75) is 25.8 Å². The molecule has 1 aromatic rings. The van der Waals surface area contributed by atoms with Gasteiger partial charge in [-0.15, -0.1) is 0 Å². The van der Waals surface area contributed by atoms with Gasteiger partial charge in [0.15, 0.2) is 0 Å². The largest absolute Gasteiger partial charge is 0.368 e. The van der Waals surface area contributed by atoms with Gasteiger partial charge in [0, 0.05) is 44.3 Å². The van der Waals surface area contributed by atoms with E-state index in [2.05, 4.69) is 11.0 Å². The molecular formula is C18H22N4O2. The first-order valence-electron chi connectivity index (χ1n) is 8.41. The molecule has 0 spiro atoms. The van der Waals surface area contributed by atoms with Crippen LogP contribution in [0, 0.1) is 11.3 Å². The SMILES string of the molecule is C[C@@H]1CCC(=O)N1CC(=O)N1CCN(c2ccc(C#N)cc2)CC1. The summed E-state index contributed by atoms with van der Waals surface area (Å²) in [6, 6.07) is 9.80. The van der Waals surface area contributed by atoms with Crippen molar-refractivity contribution >= 4 is 17.5 Å². The molecule has 0 radical (unpaired) electrons. The van der Waals surface area contributed by atoms with Crippen molar-refractivity contribution in [3.63, 3.8) is 0 Å². The van der Waals surface area contributed by atoms with Gasteiger partial charge in [-0.1, -0.05) is 0 Å². The second kappa shape index (κ2) is 6.91. The van der Waals surface area contributed by atoms with Gasteiger partial charge in [0.05, 0.1) is 18.2 Å². The fraction of sp³-hybridized carbons (Fsp3) is 0.500.